The Hall–Kier alpha value is -1.49. The number of amides is 1. The maximum absolute atomic E-state index is 11.9. The van der Waals surface area contributed by atoms with E-state index in [0.29, 0.717) is 6.42 Å². The third-order valence-electron chi connectivity index (χ3n) is 2.58. The molecule has 1 aromatic rings. The lowest BCUT2D eigenvalue weighted by atomic mass is 10.2. The summed E-state index contributed by atoms with van der Waals surface area (Å²) < 4.78 is 0. The largest absolute Gasteiger partial charge is 0.481 e. The van der Waals surface area contributed by atoms with Gasteiger partial charge in [-0.05, 0) is 12.1 Å². The van der Waals surface area contributed by atoms with Gasteiger partial charge in [-0.15, -0.1) is 11.8 Å². The number of hydrogen-bond donors (Lipinski definition) is 1. The normalized spacial score (nSPS) is 15.3. The second-order valence-corrected chi connectivity index (χ2v) is 4.89. The smallest absolute Gasteiger partial charge is 0.305 e. The molecular formula is C12H13NO3S. The first-order valence-electron chi connectivity index (χ1n) is 5.42. The van der Waals surface area contributed by atoms with Gasteiger partial charge in [-0.1, -0.05) is 12.1 Å². The number of carboxylic acids is 1. The summed E-state index contributed by atoms with van der Waals surface area (Å²) in [6, 6.07) is 7.63. The van der Waals surface area contributed by atoms with Crippen LogP contribution in [0.1, 0.15) is 12.8 Å². The molecule has 0 fully saturated rings. The van der Waals surface area contributed by atoms with E-state index in [4.69, 9.17) is 5.11 Å². The summed E-state index contributed by atoms with van der Waals surface area (Å²) in [4.78, 5) is 25.1. The number of thioether (sulfide) groups is 1. The zero-order valence-corrected chi connectivity index (χ0v) is 10.1. The summed E-state index contributed by atoms with van der Waals surface area (Å²) in [5.74, 6) is -0.129. The number of anilines is 1. The second-order valence-electron chi connectivity index (χ2n) is 3.76. The van der Waals surface area contributed by atoms with Crippen LogP contribution in [-0.4, -0.2) is 29.3 Å². The topological polar surface area (TPSA) is 57.6 Å². The number of benzene rings is 1. The lowest BCUT2D eigenvalue weighted by molar-refractivity contribution is -0.136. The third kappa shape index (κ3) is 2.79. The molecule has 1 aromatic carbocycles. The van der Waals surface area contributed by atoms with Gasteiger partial charge in [0.15, 0.2) is 0 Å². The molecule has 17 heavy (non-hydrogen) atoms. The van der Waals surface area contributed by atoms with Crippen LogP contribution in [0.5, 0.6) is 0 Å². The van der Waals surface area contributed by atoms with Crippen LogP contribution in [-0.2, 0) is 9.59 Å². The first-order chi connectivity index (χ1) is 8.18. The summed E-state index contributed by atoms with van der Waals surface area (Å²) in [6.07, 6.45) is 0.434. The van der Waals surface area contributed by atoms with Crippen molar-refractivity contribution in [1.29, 1.82) is 0 Å². The van der Waals surface area contributed by atoms with Crippen molar-refractivity contribution in [3.8, 4) is 0 Å². The van der Waals surface area contributed by atoms with Crippen LogP contribution in [0.15, 0.2) is 29.2 Å². The van der Waals surface area contributed by atoms with Gasteiger partial charge in [0.1, 0.15) is 0 Å². The number of carboxylic acid groups (broad SMARTS) is 1. The predicted octanol–water partition coefficient (Wildman–Crippen LogP) is 1.99. The van der Waals surface area contributed by atoms with E-state index < -0.39 is 5.97 Å². The number of hydrogen-bond acceptors (Lipinski definition) is 3. The molecule has 0 atom stereocenters. The second kappa shape index (κ2) is 5.23. The molecule has 1 aliphatic rings. The fourth-order valence-corrected chi connectivity index (χ4v) is 2.77. The molecule has 90 valence electrons. The van der Waals surface area contributed by atoms with Gasteiger partial charge >= 0.3 is 5.97 Å². The number of carbonyl (C=O) groups is 2. The number of para-hydroxylation sites is 1. The van der Waals surface area contributed by atoms with E-state index in [1.165, 1.54) is 0 Å². The summed E-state index contributed by atoms with van der Waals surface area (Å²) in [7, 11) is 0. The maximum Gasteiger partial charge on any atom is 0.305 e. The van der Waals surface area contributed by atoms with E-state index in [2.05, 4.69) is 0 Å². The Bertz CT molecular complexity index is 447. The van der Waals surface area contributed by atoms with Crippen molar-refractivity contribution >= 4 is 29.3 Å². The van der Waals surface area contributed by atoms with Gasteiger partial charge in [-0.2, -0.15) is 0 Å². The average molecular weight is 251 g/mol. The van der Waals surface area contributed by atoms with Gasteiger partial charge < -0.3 is 10.0 Å². The van der Waals surface area contributed by atoms with Crippen molar-refractivity contribution in [2.45, 2.75) is 17.7 Å². The molecule has 1 heterocycles. The summed E-state index contributed by atoms with van der Waals surface area (Å²) in [5, 5.41) is 8.71. The Labute approximate surface area is 104 Å². The van der Waals surface area contributed by atoms with Gasteiger partial charge in [-0.3, -0.25) is 9.59 Å². The summed E-state index contributed by atoms with van der Waals surface area (Å²) >= 11 is 1.64. The van der Waals surface area contributed by atoms with Crippen LogP contribution in [0.25, 0.3) is 0 Å². The number of carbonyl (C=O) groups excluding carboxylic acids is 1. The fraction of sp³-hybridized carbons (Fsp3) is 0.333. The molecule has 1 amide bonds. The van der Waals surface area contributed by atoms with Gasteiger partial charge in [0.2, 0.25) is 5.91 Å². The standard InChI is InChI=1S/C12H13NO3S/c14-11-6-8-17-10-4-2-1-3-9(10)13(11)7-5-12(15)16/h1-4H,5-8H2,(H,15,16). The van der Waals surface area contributed by atoms with Crippen LogP contribution < -0.4 is 4.90 Å². The van der Waals surface area contributed by atoms with Gasteiger partial charge in [-0.25, -0.2) is 0 Å². The monoisotopic (exact) mass is 251 g/mol. The lowest BCUT2D eigenvalue weighted by Gasteiger charge is -2.21. The fourth-order valence-electron chi connectivity index (χ4n) is 1.77. The Balaban J connectivity index is 2.27. The molecule has 0 spiro atoms. The summed E-state index contributed by atoms with van der Waals surface area (Å²) in [5.41, 5.74) is 0.834. The van der Waals surface area contributed by atoms with Crippen LogP contribution in [0.2, 0.25) is 0 Å². The number of nitrogens with zero attached hydrogens (tertiary/aromatic N) is 1. The highest BCUT2D eigenvalue weighted by atomic mass is 32.2. The molecule has 0 saturated carbocycles. The molecular weight excluding hydrogens is 238 g/mol. The minimum absolute atomic E-state index is 0.00343. The van der Waals surface area contributed by atoms with Crippen molar-refractivity contribution in [2.24, 2.45) is 0 Å². The summed E-state index contributed by atoms with van der Waals surface area (Å²) in [6.45, 7) is 0.242. The van der Waals surface area contributed by atoms with Gasteiger partial charge in [0.05, 0.1) is 12.1 Å². The Morgan fingerprint density at radius 3 is 2.94 bits per heavy atom. The van der Waals surface area contributed by atoms with Gasteiger partial charge in [0.25, 0.3) is 0 Å². The molecule has 0 saturated heterocycles. The molecule has 2 rings (SSSR count). The van der Waals surface area contributed by atoms with Crippen LogP contribution in [0.4, 0.5) is 5.69 Å². The highest BCUT2D eigenvalue weighted by molar-refractivity contribution is 7.99. The third-order valence-corrected chi connectivity index (χ3v) is 3.64. The Morgan fingerprint density at radius 1 is 1.41 bits per heavy atom. The van der Waals surface area contributed by atoms with Crippen molar-refractivity contribution in [3.63, 3.8) is 0 Å². The maximum atomic E-state index is 11.9. The van der Waals surface area contributed by atoms with Crippen molar-refractivity contribution in [3.05, 3.63) is 24.3 Å². The first-order valence-corrected chi connectivity index (χ1v) is 6.41. The molecule has 1 N–H and O–H groups in total. The van der Waals surface area contributed by atoms with Crippen molar-refractivity contribution in [1.82, 2.24) is 0 Å². The van der Waals surface area contributed by atoms with E-state index in [1.54, 1.807) is 16.7 Å². The molecule has 1 aliphatic heterocycles. The number of aliphatic carboxylic acids is 1. The quantitative estimate of drug-likeness (QED) is 0.892. The minimum Gasteiger partial charge on any atom is -0.481 e. The molecule has 0 aromatic heterocycles. The molecule has 0 unspecified atom stereocenters. The molecule has 0 bridgehead atoms. The van der Waals surface area contributed by atoms with Gasteiger partial charge in [0, 0.05) is 23.6 Å². The van der Waals surface area contributed by atoms with E-state index in [-0.39, 0.29) is 18.9 Å². The number of rotatable bonds is 3. The van der Waals surface area contributed by atoms with E-state index in [9.17, 15) is 9.59 Å². The average Bonchev–Trinajstić information content (AvgIpc) is 2.45. The lowest BCUT2D eigenvalue weighted by Crippen LogP contribution is -2.32. The number of fused-ring (bicyclic) bond motifs is 1. The van der Waals surface area contributed by atoms with Crippen molar-refractivity contribution < 1.29 is 14.7 Å². The van der Waals surface area contributed by atoms with E-state index in [1.807, 2.05) is 24.3 Å². The zero-order valence-electron chi connectivity index (χ0n) is 9.26. The SMILES string of the molecule is O=C(O)CCN1C(=O)CCSc2ccccc21. The Kier molecular flexibility index (Phi) is 3.68. The zero-order chi connectivity index (χ0) is 12.3. The minimum atomic E-state index is -0.882. The molecule has 4 nitrogen and oxygen atoms in total. The van der Waals surface area contributed by atoms with E-state index in [0.717, 1.165) is 16.3 Å². The highest BCUT2D eigenvalue weighted by Crippen LogP contribution is 2.33. The first kappa shape index (κ1) is 12.0. The van der Waals surface area contributed by atoms with Crippen LogP contribution in [0, 0.1) is 0 Å². The van der Waals surface area contributed by atoms with Crippen LogP contribution in [0.3, 0.4) is 0 Å². The van der Waals surface area contributed by atoms with Crippen molar-refractivity contribution in [2.75, 3.05) is 17.2 Å². The molecule has 0 radical (unpaired) electrons. The highest BCUT2D eigenvalue weighted by Gasteiger charge is 2.22. The van der Waals surface area contributed by atoms with E-state index >= 15 is 0 Å². The molecule has 5 heteroatoms. The Morgan fingerprint density at radius 2 is 2.18 bits per heavy atom. The molecule has 0 aliphatic carbocycles. The predicted molar refractivity (Wildman–Crippen MR) is 66.4 cm³/mol. The van der Waals surface area contributed by atoms with Crippen LogP contribution >= 0.6 is 11.8 Å².